The van der Waals surface area contributed by atoms with Gasteiger partial charge in [-0.15, -0.1) is 12.4 Å². The van der Waals surface area contributed by atoms with Gasteiger partial charge in [-0.2, -0.15) is 26.3 Å². The lowest BCUT2D eigenvalue weighted by Crippen LogP contribution is -2.34. The Bertz CT molecular complexity index is 491. The summed E-state index contributed by atoms with van der Waals surface area (Å²) in [6, 6.07) is 0.730. The van der Waals surface area contributed by atoms with Crippen LogP contribution < -0.4 is 11.1 Å². The van der Waals surface area contributed by atoms with E-state index >= 15 is 0 Å². The van der Waals surface area contributed by atoms with E-state index < -0.39 is 29.5 Å². The zero-order chi connectivity index (χ0) is 16.5. The SMILES string of the molecule is Cl.N[C@@H](c1cc(C(F)(F)F)cc(C(F)(F)F)c1)C1CCNCC1. The highest BCUT2D eigenvalue weighted by Gasteiger charge is 2.37. The number of halogens is 7. The Labute approximate surface area is 135 Å². The van der Waals surface area contributed by atoms with Gasteiger partial charge in [-0.1, -0.05) is 0 Å². The second kappa shape index (κ2) is 7.27. The van der Waals surface area contributed by atoms with Crippen LogP contribution in [0.2, 0.25) is 0 Å². The van der Waals surface area contributed by atoms with Gasteiger partial charge in [0.15, 0.2) is 0 Å². The summed E-state index contributed by atoms with van der Waals surface area (Å²) >= 11 is 0. The van der Waals surface area contributed by atoms with Crippen LogP contribution in [0.15, 0.2) is 18.2 Å². The zero-order valence-corrected chi connectivity index (χ0v) is 12.8. The maximum atomic E-state index is 12.8. The Balaban J connectivity index is 0.00000264. The Morgan fingerprint density at radius 3 is 1.74 bits per heavy atom. The van der Waals surface area contributed by atoms with Crippen LogP contribution in [0.25, 0.3) is 0 Å². The molecule has 1 aliphatic rings. The lowest BCUT2D eigenvalue weighted by molar-refractivity contribution is -0.143. The maximum Gasteiger partial charge on any atom is 0.416 e. The molecule has 1 saturated heterocycles. The second-order valence-corrected chi connectivity index (χ2v) is 5.45. The Morgan fingerprint density at radius 2 is 1.35 bits per heavy atom. The molecule has 1 heterocycles. The summed E-state index contributed by atoms with van der Waals surface area (Å²) in [4.78, 5) is 0. The monoisotopic (exact) mass is 362 g/mol. The van der Waals surface area contributed by atoms with Gasteiger partial charge in [-0.05, 0) is 55.6 Å². The van der Waals surface area contributed by atoms with Crippen LogP contribution in [0.3, 0.4) is 0 Å². The van der Waals surface area contributed by atoms with Crippen molar-refractivity contribution in [3.05, 3.63) is 34.9 Å². The van der Waals surface area contributed by atoms with Crippen molar-refractivity contribution in [1.82, 2.24) is 5.32 Å². The molecule has 1 aromatic rings. The molecule has 2 nitrogen and oxygen atoms in total. The number of alkyl halides is 6. The first-order chi connectivity index (χ1) is 10.1. The Kier molecular flexibility index (Phi) is 6.34. The molecule has 0 saturated carbocycles. The molecule has 0 amide bonds. The van der Waals surface area contributed by atoms with Crippen molar-refractivity contribution >= 4 is 12.4 Å². The molecule has 132 valence electrons. The number of rotatable bonds is 2. The normalized spacial score (nSPS) is 18.4. The van der Waals surface area contributed by atoms with Crippen molar-refractivity contribution < 1.29 is 26.3 Å². The van der Waals surface area contributed by atoms with Gasteiger partial charge in [0.25, 0.3) is 0 Å². The maximum absolute atomic E-state index is 12.8. The van der Waals surface area contributed by atoms with E-state index in [4.69, 9.17) is 5.73 Å². The Morgan fingerprint density at radius 1 is 0.913 bits per heavy atom. The van der Waals surface area contributed by atoms with Gasteiger partial charge in [0, 0.05) is 6.04 Å². The van der Waals surface area contributed by atoms with Crippen LogP contribution in [0.4, 0.5) is 26.3 Å². The van der Waals surface area contributed by atoms with Crippen molar-refractivity contribution in [3.63, 3.8) is 0 Å². The summed E-state index contributed by atoms with van der Waals surface area (Å²) in [5.41, 5.74) is 3.18. The summed E-state index contributed by atoms with van der Waals surface area (Å²) in [6.45, 7) is 1.31. The summed E-state index contributed by atoms with van der Waals surface area (Å²) < 4.78 is 76.9. The van der Waals surface area contributed by atoms with Gasteiger partial charge < -0.3 is 11.1 Å². The first-order valence-electron chi connectivity index (χ1n) is 6.84. The molecule has 1 aromatic carbocycles. The van der Waals surface area contributed by atoms with Crippen LogP contribution in [-0.2, 0) is 12.4 Å². The summed E-state index contributed by atoms with van der Waals surface area (Å²) in [5, 5.41) is 3.08. The van der Waals surface area contributed by atoms with Gasteiger partial charge in [0.2, 0.25) is 0 Å². The van der Waals surface area contributed by atoms with Gasteiger partial charge in [0.1, 0.15) is 0 Å². The molecule has 1 aliphatic heterocycles. The van der Waals surface area contributed by atoms with Gasteiger partial charge in [0.05, 0.1) is 11.1 Å². The fourth-order valence-electron chi connectivity index (χ4n) is 2.65. The van der Waals surface area contributed by atoms with E-state index in [0.717, 1.165) is 12.1 Å². The van der Waals surface area contributed by atoms with Crippen LogP contribution in [0.1, 0.15) is 35.6 Å². The summed E-state index contributed by atoms with van der Waals surface area (Å²) in [6.07, 6.45) is -8.44. The third-order valence-corrected chi connectivity index (χ3v) is 3.89. The predicted octanol–water partition coefficient (Wildman–Crippen LogP) is 4.15. The van der Waals surface area contributed by atoms with Crippen LogP contribution in [0, 0.1) is 5.92 Å². The molecule has 3 N–H and O–H groups in total. The number of benzene rings is 1. The number of piperidine rings is 1. The zero-order valence-electron chi connectivity index (χ0n) is 12.0. The fourth-order valence-corrected chi connectivity index (χ4v) is 2.65. The summed E-state index contributed by atoms with van der Waals surface area (Å²) in [5.74, 6) is -0.134. The molecule has 1 fully saturated rings. The van der Waals surface area contributed by atoms with Crippen LogP contribution in [0.5, 0.6) is 0 Å². The van der Waals surface area contributed by atoms with Gasteiger partial charge in [-0.3, -0.25) is 0 Å². The van der Waals surface area contributed by atoms with E-state index in [0.29, 0.717) is 25.9 Å². The lowest BCUT2D eigenvalue weighted by atomic mass is 9.85. The number of nitrogens with one attached hydrogen (secondary N) is 1. The minimum absolute atomic E-state index is 0. The molecule has 9 heteroatoms. The lowest BCUT2D eigenvalue weighted by Gasteiger charge is -2.29. The third-order valence-electron chi connectivity index (χ3n) is 3.89. The average Bonchev–Trinajstić information content (AvgIpc) is 2.45. The number of hydrogen-bond donors (Lipinski definition) is 2. The minimum Gasteiger partial charge on any atom is -0.324 e. The van der Waals surface area contributed by atoms with Crippen molar-refractivity contribution in [2.24, 2.45) is 11.7 Å². The van der Waals surface area contributed by atoms with E-state index in [1.165, 1.54) is 0 Å². The molecule has 0 spiro atoms. The molecule has 0 bridgehead atoms. The standard InChI is InChI=1S/C14H16F6N2.ClH/c15-13(16,17)10-5-9(6-11(7-10)14(18,19)20)12(21)8-1-3-22-4-2-8;/h5-8,12,22H,1-4,21H2;1H/t12-;/m1./s1. The minimum atomic E-state index is -4.84. The molecule has 0 radical (unpaired) electrons. The van der Waals surface area contributed by atoms with Crippen molar-refractivity contribution in [2.45, 2.75) is 31.2 Å². The molecule has 23 heavy (non-hydrogen) atoms. The first kappa shape index (κ1) is 20.1. The first-order valence-corrected chi connectivity index (χ1v) is 6.84. The van der Waals surface area contributed by atoms with E-state index in [1.54, 1.807) is 0 Å². The quantitative estimate of drug-likeness (QED) is 0.776. The van der Waals surface area contributed by atoms with Crippen molar-refractivity contribution in [2.75, 3.05) is 13.1 Å². The summed E-state index contributed by atoms with van der Waals surface area (Å²) in [7, 11) is 0. The van der Waals surface area contributed by atoms with E-state index in [2.05, 4.69) is 5.32 Å². The molecule has 1 atom stereocenters. The predicted molar refractivity (Wildman–Crippen MR) is 76.2 cm³/mol. The highest BCUT2D eigenvalue weighted by molar-refractivity contribution is 5.85. The molecule has 0 aliphatic carbocycles. The van der Waals surface area contributed by atoms with Crippen LogP contribution >= 0.6 is 12.4 Å². The molecular formula is C14H17ClF6N2. The Hall–Kier alpha value is -0.990. The van der Waals surface area contributed by atoms with Gasteiger partial charge >= 0.3 is 12.4 Å². The van der Waals surface area contributed by atoms with E-state index in [1.807, 2.05) is 0 Å². The highest BCUT2D eigenvalue weighted by Crippen LogP contribution is 2.38. The van der Waals surface area contributed by atoms with Crippen LogP contribution in [-0.4, -0.2) is 13.1 Å². The number of nitrogens with two attached hydrogens (primary N) is 1. The fraction of sp³-hybridized carbons (Fsp3) is 0.571. The second-order valence-electron chi connectivity index (χ2n) is 5.45. The highest BCUT2D eigenvalue weighted by atomic mass is 35.5. The smallest absolute Gasteiger partial charge is 0.324 e. The van der Waals surface area contributed by atoms with Crippen molar-refractivity contribution in [3.8, 4) is 0 Å². The topological polar surface area (TPSA) is 38.0 Å². The molecular weight excluding hydrogens is 346 g/mol. The molecule has 0 aromatic heterocycles. The van der Waals surface area contributed by atoms with Gasteiger partial charge in [-0.25, -0.2) is 0 Å². The van der Waals surface area contributed by atoms with E-state index in [-0.39, 0.29) is 30.0 Å². The largest absolute Gasteiger partial charge is 0.416 e. The van der Waals surface area contributed by atoms with E-state index in [9.17, 15) is 26.3 Å². The number of hydrogen-bond acceptors (Lipinski definition) is 2. The molecule has 0 unspecified atom stereocenters. The third kappa shape index (κ3) is 4.99. The van der Waals surface area contributed by atoms with Crippen molar-refractivity contribution in [1.29, 1.82) is 0 Å². The average molecular weight is 363 g/mol. The molecule has 2 rings (SSSR count).